The van der Waals surface area contributed by atoms with E-state index in [0.29, 0.717) is 26.4 Å². The quantitative estimate of drug-likeness (QED) is 0.481. The first-order valence-corrected chi connectivity index (χ1v) is 5.24. The molecule has 0 saturated heterocycles. The van der Waals surface area contributed by atoms with Crippen molar-refractivity contribution in [2.45, 2.75) is 0 Å². The Morgan fingerprint density at radius 1 is 0.867 bits per heavy atom. The summed E-state index contributed by atoms with van der Waals surface area (Å²) in [6, 6.07) is 0. The molecule has 0 rings (SSSR count). The van der Waals surface area contributed by atoms with Crippen molar-refractivity contribution in [2.75, 3.05) is 66.9 Å². The van der Waals surface area contributed by atoms with Crippen LogP contribution in [0, 0.1) is 0 Å². The summed E-state index contributed by atoms with van der Waals surface area (Å²) >= 11 is 0. The second-order valence-corrected chi connectivity index (χ2v) is 3.16. The van der Waals surface area contributed by atoms with Crippen molar-refractivity contribution in [3.63, 3.8) is 0 Å². The Bertz CT molecular complexity index is 116. The van der Waals surface area contributed by atoms with Crippen LogP contribution in [0.3, 0.4) is 0 Å². The van der Waals surface area contributed by atoms with Gasteiger partial charge in [0.05, 0.1) is 33.0 Å². The monoisotopic (exact) mass is 221 g/mol. The van der Waals surface area contributed by atoms with Crippen LogP contribution in [0.4, 0.5) is 0 Å². The molecule has 5 nitrogen and oxygen atoms in total. The summed E-state index contributed by atoms with van der Waals surface area (Å²) in [5.74, 6) is 0. The van der Waals surface area contributed by atoms with Gasteiger partial charge in [0.1, 0.15) is 0 Å². The molecule has 5 heteroatoms. The molecule has 15 heavy (non-hydrogen) atoms. The maximum atomic E-state index is 8.54. The minimum absolute atomic E-state index is 0.0795. The Labute approximate surface area is 91.9 Å². The molecule has 0 aromatic carbocycles. The maximum Gasteiger partial charge on any atom is 0.0698 e. The fourth-order valence-corrected chi connectivity index (χ4v) is 1.14. The number of aliphatic hydroxyl groups excluding tert-OH is 1. The number of methoxy groups -OCH3 is 2. The van der Waals surface area contributed by atoms with Gasteiger partial charge in [-0.3, -0.25) is 4.90 Å². The summed E-state index contributed by atoms with van der Waals surface area (Å²) < 4.78 is 15.2. The minimum atomic E-state index is 0.0795. The molecule has 92 valence electrons. The van der Waals surface area contributed by atoms with Crippen LogP contribution >= 0.6 is 0 Å². The Morgan fingerprint density at radius 2 is 1.40 bits per heavy atom. The van der Waals surface area contributed by atoms with E-state index in [4.69, 9.17) is 19.3 Å². The van der Waals surface area contributed by atoms with Crippen LogP contribution < -0.4 is 0 Å². The summed E-state index contributed by atoms with van der Waals surface area (Å²) in [6.45, 7) is 5.14. The molecule has 0 aromatic heterocycles. The summed E-state index contributed by atoms with van der Waals surface area (Å²) in [4.78, 5) is 2.21. The summed E-state index contributed by atoms with van der Waals surface area (Å²) in [5.41, 5.74) is 0. The van der Waals surface area contributed by atoms with E-state index in [1.165, 1.54) is 0 Å². The smallest absolute Gasteiger partial charge is 0.0698 e. The standard InChI is InChI=1S/C10H23NO4/c1-13-7-3-11(4-8-14-2)5-9-15-10-6-12/h12H,3-10H2,1-2H3. The molecule has 0 radical (unpaired) electrons. The van der Waals surface area contributed by atoms with Crippen molar-refractivity contribution < 1.29 is 19.3 Å². The molecular weight excluding hydrogens is 198 g/mol. The van der Waals surface area contributed by atoms with E-state index in [9.17, 15) is 0 Å². The van der Waals surface area contributed by atoms with Crippen LogP contribution in [0.25, 0.3) is 0 Å². The van der Waals surface area contributed by atoms with Gasteiger partial charge in [-0.25, -0.2) is 0 Å². The number of rotatable bonds is 11. The summed E-state index contributed by atoms with van der Waals surface area (Å²) in [7, 11) is 3.38. The van der Waals surface area contributed by atoms with Gasteiger partial charge < -0.3 is 19.3 Å². The third-order valence-electron chi connectivity index (χ3n) is 2.01. The molecule has 0 atom stereocenters. The lowest BCUT2D eigenvalue weighted by Crippen LogP contribution is -2.33. The van der Waals surface area contributed by atoms with Crippen LogP contribution in [0.5, 0.6) is 0 Å². The Kier molecular flexibility index (Phi) is 11.7. The van der Waals surface area contributed by atoms with Crippen molar-refractivity contribution in [3.05, 3.63) is 0 Å². The lowest BCUT2D eigenvalue weighted by Gasteiger charge is -2.21. The van der Waals surface area contributed by atoms with Gasteiger partial charge in [0.15, 0.2) is 0 Å². The van der Waals surface area contributed by atoms with Gasteiger partial charge in [-0.1, -0.05) is 0 Å². The molecule has 0 bridgehead atoms. The fraction of sp³-hybridized carbons (Fsp3) is 1.00. The highest BCUT2D eigenvalue weighted by atomic mass is 16.5. The third kappa shape index (κ3) is 10.1. The average Bonchev–Trinajstić information content (AvgIpc) is 2.27. The molecule has 0 spiro atoms. The first-order chi connectivity index (χ1) is 7.35. The van der Waals surface area contributed by atoms with Gasteiger partial charge in [0, 0.05) is 33.9 Å². The first-order valence-electron chi connectivity index (χ1n) is 5.24. The van der Waals surface area contributed by atoms with E-state index in [2.05, 4.69) is 4.90 Å². The van der Waals surface area contributed by atoms with Crippen molar-refractivity contribution in [2.24, 2.45) is 0 Å². The van der Waals surface area contributed by atoms with Gasteiger partial charge in [-0.2, -0.15) is 0 Å². The van der Waals surface area contributed by atoms with E-state index in [1.54, 1.807) is 14.2 Å². The normalized spacial score (nSPS) is 11.2. The Morgan fingerprint density at radius 3 is 1.87 bits per heavy atom. The van der Waals surface area contributed by atoms with E-state index < -0.39 is 0 Å². The van der Waals surface area contributed by atoms with Crippen molar-refractivity contribution in [1.82, 2.24) is 4.90 Å². The molecule has 0 aromatic rings. The van der Waals surface area contributed by atoms with Crippen LogP contribution in [0.1, 0.15) is 0 Å². The molecule has 0 heterocycles. The van der Waals surface area contributed by atoms with Gasteiger partial charge in [-0.15, -0.1) is 0 Å². The highest BCUT2D eigenvalue weighted by Gasteiger charge is 2.03. The van der Waals surface area contributed by atoms with Crippen LogP contribution in [-0.2, 0) is 14.2 Å². The van der Waals surface area contributed by atoms with E-state index in [-0.39, 0.29) is 6.61 Å². The highest BCUT2D eigenvalue weighted by molar-refractivity contribution is 4.56. The largest absolute Gasteiger partial charge is 0.394 e. The zero-order valence-electron chi connectivity index (χ0n) is 9.78. The molecule has 0 aliphatic heterocycles. The average molecular weight is 221 g/mol. The first kappa shape index (κ1) is 14.8. The SMILES string of the molecule is COCCN(CCOC)CCOCCO. The molecule has 0 aliphatic rings. The second-order valence-electron chi connectivity index (χ2n) is 3.16. The number of hydrogen-bond acceptors (Lipinski definition) is 5. The number of aliphatic hydroxyl groups is 1. The zero-order valence-corrected chi connectivity index (χ0v) is 9.78. The maximum absolute atomic E-state index is 8.54. The molecule has 0 amide bonds. The lowest BCUT2D eigenvalue weighted by molar-refractivity contribution is 0.0569. The molecule has 1 N–H and O–H groups in total. The molecule has 0 saturated carbocycles. The van der Waals surface area contributed by atoms with Gasteiger partial charge >= 0.3 is 0 Å². The van der Waals surface area contributed by atoms with Gasteiger partial charge in [-0.05, 0) is 0 Å². The molecular formula is C10H23NO4. The van der Waals surface area contributed by atoms with Crippen LogP contribution in [0.15, 0.2) is 0 Å². The van der Waals surface area contributed by atoms with E-state index in [1.807, 2.05) is 0 Å². The highest BCUT2D eigenvalue weighted by Crippen LogP contribution is 1.89. The topological polar surface area (TPSA) is 51.2 Å². The van der Waals surface area contributed by atoms with E-state index in [0.717, 1.165) is 19.6 Å². The lowest BCUT2D eigenvalue weighted by atomic mass is 10.4. The number of hydrogen-bond donors (Lipinski definition) is 1. The predicted molar refractivity (Wildman–Crippen MR) is 58.1 cm³/mol. The van der Waals surface area contributed by atoms with E-state index >= 15 is 0 Å². The van der Waals surface area contributed by atoms with Gasteiger partial charge in [0.2, 0.25) is 0 Å². The van der Waals surface area contributed by atoms with Crippen LogP contribution in [0.2, 0.25) is 0 Å². The fourth-order valence-electron chi connectivity index (χ4n) is 1.14. The predicted octanol–water partition coefficient (Wildman–Crippen LogP) is -0.410. The second kappa shape index (κ2) is 11.9. The Balaban J connectivity index is 3.49. The van der Waals surface area contributed by atoms with Crippen molar-refractivity contribution >= 4 is 0 Å². The summed E-state index contributed by atoms with van der Waals surface area (Å²) in [6.07, 6.45) is 0. The molecule has 0 unspecified atom stereocenters. The minimum Gasteiger partial charge on any atom is -0.394 e. The molecule has 0 aliphatic carbocycles. The Hall–Kier alpha value is -0.200. The number of nitrogens with zero attached hydrogens (tertiary/aromatic N) is 1. The van der Waals surface area contributed by atoms with Crippen molar-refractivity contribution in [3.8, 4) is 0 Å². The molecule has 0 fully saturated rings. The third-order valence-corrected chi connectivity index (χ3v) is 2.01. The van der Waals surface area contributed by atoms with Crippen LogP contribution in [-0.4, -0.2) is 76.9 Å². The summed E-state index contributed by atoms with van der Waals surface area (Å²) in [5, 5.41) is 8.54. The number of ether oxygens (including phenoxy) is 3. The van der Waals surface area contributed by atoms with Gasteiger partial charge in [0.25, 0.3) is 0 Å². The zero-order chi connectivity index (χ0) is 11.4. The van der Waals surface area contributed by atoms with Crippen molar-refractivity contribution in [1.29, 1.82) is 0 Å².